The molecule has 3 heteroatoms. The Morgan fingerprint density at radius 3 is 1.30 bits per heavy atom. The maximum Gasteiger partial charge on any atom is 0.0542 e. The van der Waals surface area contributed by atoms with E-state index in [1.165, 1.54) is 94.2 Å². The Labute approximate surface area is 409 Å². The van der Waals surface area contributed by atoms with Crippen molar-refractivity contribution in [3.63, 3.8) is 0 Å². The smallest absolute Gasteiger partial charge is 0.0542 e. The van der Waals surface area contributed by atoms with Gasteiger partial charge in [-0.15, -0.1) is 0 Å². The Morgan fingerprint density at radius 1 is 0.343 bits per heavy atom. The van der Waals surface area contributed by atoms with Crippen molar-refractivity contribution < 1.29 is 0 Å². The number of hydrogen-bond donors (Lipinski definition) is 0. The Bertz CT molecular complexity index is 3870. The van der Waals surface area contributed by atoms with Gasteiger partial charge in [0.2, 0.25) is 0 Å². The summed E-state index contributed by atoms with van der Waals surface area (Å²) in [4.78, 5) is 2.43. The van der Waals surface area contributed by atoms with E-state index in [-0.39, 0.29) is 0 Å². The van der Waals surface area contributed by atoms with Crippen LogP contribution in [0.1, 0.15) is 36.1 Å². The molecule has 1 unspecified atom stereocenters. The summed E-state index contributed by atoms with van der Waals surface area (Å²) in [6.45, 7) is 2.39. The van der Waals surface area contributed by atoms with E-state index in [4.69, 9.17) is 0 Å². The number of aromatic nitrogens is 2. The third-order valence-corrected chi connectivity index (χ3v) is 14.3. The van der Waals surface area contributed by atoms with Gasteiger partial charge in [-0.05, 0) is 142 Å². The first-order chi connectivity index (χ1) is 34.6. The van der Waals surface area contributed by atoms with Gasteiger partial charge in [-0.1, -0.05) is 177 Å². The molecule has 0 spiro atoms. The molecule has 0 saturated carbocycles. The van der Waals surface area contributed by atoms with Crippen molar-refractivity contribution in [3.05, 3.63) is 272 Å². The second-order valence-electron chi connectivity index (χ2n) is 18.6. The topological polar surface area (TPSA) is 13.1 Å². The minimum atomic E-state index is 0.293. The van der Waals surface area contributed by atoms with E-state index in [2.05, 4.69) is 282 Å². The summed E-state index contributed by atoms with van der Waals surface area (Å²) in [6, 6.07) is 92.9. The Morgan fingerprint density at radius 2 is 0.743 bits per heavy atom. The first-order valence-electron chi connectivity index (χ1n) is 24.4. The van der Waals surface area contributed by atoms with Crippen LogP contribution >= 0.6 is 0 Å². The molecule has 0 saturated heterocycles. The van der Waals surface area contributed by atoms with Crippen LogP contribution in [0.4, 0.5) is 17.1 Å². The number of anilines is 3. The second kappa shape index (κ2) is 17.3. The molecule has 2 heterocycles. The van der Waals surface area contributed by atoms with Crippen LogP contribution in [0.3, 0.4) is 0 Å². The highest BCUT2D eigenvalue weighted by Gasteiger charge is 2.28. The minimum Gasteiger partial charge on any atom is -0.313 e. The third-order valence-electron chi connectivity index (χ3n) is 14.3. The quantitative estimate of drug-likeness (QED) is 0.141. The molecule has 332 valence electrons. The number of allylic oxidation sites excluding steroid dienone is 1. The monoisotopic (exact) mass is 895 g/mol. The van der Waals surface area contributed by atoms with Crippen molar-refractivity contribution in [2.24, 2.45) is 0 Å². The summed E-state index contributed by atoms with van der Waals surface area (Å²) in [5.41, 5.74) is 21.8. The van der Waals surface area contributed by atoms with Crippen LogP contribution in [0.5, 0.6) is 0 Å². The zero-order valence-corrected chi connectivity index (χ0v) is 39.0. The fourth-order valence-electron chi connectivity index (χ4n) is 11.0. The molecule has 1 aliphatic carbocycles. The maximum absolute atomic E-state index is 2.51. The lowest BCUT2D eigenvalue weighted by Crippen LogP contribution is -2.10. The Hall–Kier alpha value is -8.92. The number of nitrogens with zero attached hydrogens (tertiary/aromatic N) is 3. The van der Waals surface area contributed by atoms with E-state index in [9.17, 15) is 0 Å². The molecule has 0 amide bonds. The van der Waals surface area contributed by atoms with E-state index in [1.807, 2.05) is 0 Å². The first-order valence-corrected chi connectivity index (χ1v) is 24.4. The lowest BCUT2D eigenvalue weighted by molar-refractivity contribution is 0.733. The predicted octanol–water partition coefficient (Wildman–Crippen LogP) is 18.2. The van der Waals surface area contributed by atoms with Crippen molar-refractivity contribution in [2.75, 3.05) is 4.90 Å². The lowest BCUT2D eigenvalue weighted by Gasteiger charge is -2.26. The highest BCUT2D eigenvalue weighted by molar-refractivity contribution is 6.12. The van der Waals surface area contributed by atoms with Gasteiger partial charge in [-0.3, -0.25) is 0 Å². The first kappa shape index (κ1) is 41.3. The molecule has 0 radical (unpaired) electrons. The van der Waals surface area contributed by atoms with Gasteiger partial charge in [-0.2, -0.15) is 0 Å². The standard InChI is InChI=1S/C67H49N3/c1-46-41-54(52-33-29-50(30-34-52)48-19-9-3-10-20-48)43-63-62-45-59(37-40-66(62)70(67(46)63)57-25-15-6-16-26-57)68(55-21-11-4-12-22-55)58-36-39-65-61(44-58)60-42-53(35-38-64(60)69(65)56-23-13-5-14-24-56)51-31-27-49(28-32-51)47-17-7-2-8-18-47/h2-40,42-46H,41H2,1H3. The van der Waals surface area contributed by atoms with Crippen LogP contribution in [0.2, 0.25) is 0 Å². The molecule has 12 aromatic rings. The fourth-order valence-corrected chi connectivity index (χ4v) is 11.0. The van der Waals surface area contributed by atoms with Gasteiger partial charge >= 0.3 is 0 Å². The normalized spacial score (nSPS) is 13.4. The molecule has 1 aliphatic rings. The average Bonchev–Trinajstić information content (AvgIpc) is 3.94. The predicted molar refractivity (Wildman–Crippen MR) is 296 cm³/mol. The number of fused-ring (bicyclic) bond motifs is 6. The Kier molecular flexibility index (Phi) is 10.2. The lowest BCUT2D eigenvalue weighted by atomic mass is 9.84. The molecule has 2 aromatic heterocycles. The highest BCUT2D eigenvalue weighted by Crippen LogP contribution is 2.47. The number of para-hydroxylation sites is 3. The van der Waals surface area contributed by atoms with E-state index in [0.29, 0.717) is 5.92 Å². The summed E-state index contributed by atoms with van der Waals surface area (Å²) in [5, 5.41) is 3.66. The summed E-state index contributed by atoms with van der Waals surface area (Å²) in [5.74, 6) is 0.293. The summed E-state index contributed by atoms with van der Waals surface area (Å²) >= 11 is 0. The van der Waals surface area contributed by atoms with Crippen LogP contribution < -0.4 is 4.90 Å². The van der Waals surface area contributed by atoms with E-state index in [0.717, 1.165) is 29.2 Å². The van der Waals surface area contributed by atoms with Crippen molar-refractivity contribution in [1.29, 1.82) is 0 Å². The molecule has 1 atom stereocenters. The largest absolute Gasteiger partial charge is 0.313 e. The average molecular weight is 896 g/mol. The number of benzene rings is 10. The molecule has 0 fully saturated rings. The third kappa shape index (κ3) is 7.23. The molecule has 0 N–H and O–H groups in total. The Balaban J connectivity index is 0.978. The zero-order chi connectivity index (χ0) is 46.5. The molecule has 13 rings (SSSR count). The van der Waals surface area contributed by atoms with Gasteiger partial charge in [0.05, 0.1) is 16.6 Å². The van der Waals surface area contributed by atoms with Gasteiger partial charge in [0.25, 0.3) is 0 Å². The second-order valence-corrected chi connectivity index (χ2v) is 18.6. The maximum atomic E-state index is 2.51. The van der Waals surface area contributed by atoms with Crippen LogP contribution in [-0.4, -0.2) is 9.13 Å². The van der Waals surface area contributed by atoms with Gasteiger partial charge in [-0.25, -0.2) is 0 Å². The molecular formula is C67H49N3. The fraction of sp³-hybridized carbons (Fsp3) is 0.0448. The van der Waals surface area contributed by atoms with Crippen LogP contribution in [0.15, 0.2) is 255 Å². The molecule has 10 aromatic carbocycles. The summed E-state index contributed by atoms with van der Waals surface area (Å²) < 4.78 is 4.92. The van der Waals surface area contributed by atoms with E-state index >= 15 is 0 Å². The van der Waals surface area contributed by atoms with Crippen LogP contribution in [0, 0.1) is 0 Å². The van der Waals surface area contributed by atoms with E-state index in [1.54, 1.807) is 0 Å². The highest BCUT2D eigenvalue weighted by atomic mass is 15.1. The van der Waals surface area contributed by atoms with E-state index < -0.39 is 0 Å². The number of hydrogen-bond acceptors (Lipinski definition) is 1. The van der Waals surface area contributed by atoms with Crippen molar-refractivity contribution in [3.8, 4) is 44.8 Å². The van der Waals surface area contributed by atoms with Crippen molar-refractivity contribution in [2.45, 2.75) is 19.3 Å². The minimum absolute atomic E-state index is 0.293. The molecule has 0 aliphatic heterocycles. The van der Waals surface area contributed by atoms with Crippen LogP contribution in [-0.2, 0) is 0 Å². The molecular weight excluding hydrogens is 847 g/mol. The van der Waals surface area contributed by atoms with Crippen molar-refractivity contribution >= 4 is 61.4 Å². The molecule has 70 heavy (non-hydrogen) atoms. The van der Waals surface area contributed by atoms with Gasteiger partial charge < -0.3 is 14.0 Å². The number of rotatable bonds is 9. The van der Waals surface area contributed by atoms with Gasteiger partial charge in [0.15, 0.2) is 0 Å². The summed E-state index contributed by atoms with van der Waals surface area (Å²) in [7, 11) is 0. The van der Waals surface area contributed by atoms with Crippen molar-refractivity contribution in [1.82, 2.24) is 9.13 Å². The van der Waals surface area contributed by atoms with Crippen LogP contribution in [0.25, 0.3) is 89.1 Å². The molecule has 0 bridgehead atoms. The SMILES string of the molecule is CC1CC(c2ccc(-c3ccccc3)cc2)=Cc2c1n(-c1ccccc1)c1ccc(N(c3ccccc3)c3ccc4c(c3)c3cc(-c5ccc(-c6ccccc6)cc5)ccc3n4-c3ccccc3)cc21. The van der Waals surface area contributed by atoms with Gasteiger partial charge in [0, 0.05) is 61.8 Å². The molecule has 3 nitrogen and oxygen atoms in total. The van der Waals surface area contributed by atoms with Gasteiger partial charge in [0.1, 0.15) is 0 Å². The summed E-state index contributed by atoms with van der Waals surface area (Å²) in [6.07, 6.45) is 3.43. The zero-order valence-electron chi connectivity index (χ0n) is 39.0.